The van der Waals surface area contributed by atoms with Crippen molar-refractivity contribution in [3.8, 4) is 0 Å². The molecule has 1 amide bonds. The summed E-state index contributed by atoms with van der Waals surface area (Å²) in [4.78, 5) is 17.5. The highest BCUT2D eigenvalue weighted by Gasteiger charge is 2.34. The summed E-state index contributed by atoms with van der Waals surface area (Å²) in [5, 5.41) is 0.962. The molecule has 1 fully saturated rings. The number of nitrogens with one attached hydrogen (secondary N) is 1. The molecule has 22 heavy (non-hydrogen) atoms. The lowest BCUT2D eigenvalue weighted by atomic mass is 10.2. The van der Waals surface area contributed by atoms with Crippen molar-refractivity contribution < 1.29 is 13.2 Å². The molecule has 1 saturated heterocycles. The van der Waals surface area contributed by atoms with Gasteiger partial charge >= 0.3 is 0 Å². The van der Waals surface area contributed by atoms with Gasteiger partial charge in [-0.15, -0.1) is 6.58 Å². The molecular weight excluding hydrogens is 300 g/mol. The van der Waals surface area contributed by atoms with Gasteiger partial charge in [-0.1, -0.05) is 24.3 Å². The maximum Gasteiger partial charge on any atom is 0.270 e. The third kappa shape index (κ3) is 2.78. The highest BCUT2D eigenvalue weighted by molar-refractivity contribution is 7.91. The van der Waals surface area contributed by atoms with E-state index in [1.165, 1.54) is 0 Å². The summed E-state index contributed by atoms with van der Waals surface area (Å²) in [6.45, 7) is 4.02. The highest BCUT2D eigenvalue weighted by Crippen LogP contribution is 2.22. The van der Waals surface area contributed by atoms with Crippen molar-refractivity contribution in [2.45, 2.75) is 12.5 Å². The minimum atomic E-state index is -3.04. The molecule has 0 spiro atoms. The summed E-state index contributed by atoms with van der Waals surface area (Å²) in [6.07, 6.45) is 2.12. The second kappa shape index (κ2) is 5.61. The number of benzene rings is 1. The quantitative estimate of drug-likeness (QED) is 0.876. The van der Waals surface area contributed by atoms with Gasteiger partial charge < -0.3 is 9.88 Å². The lowest BCUT2D eigenvalue weighted by molar-refractivity contribution is 0.0715. The molecule has 1 aromatic carbocycles. The number of para-hydroxylation sites is 1. The average Bonchev–Trinajstić information content (AvgIpc) is 3.07. The molecule has 1 N–H and O–H groups in total. The van der Waals surface area contributed by atoms with Gasteiger partial charge in [-0.05, 0) is 18.6 Å². The molecule has 1 aliphatic heterocycles. The minimum Gasteiger partial charge on any atom is -0.351 e. The third-order valence-electron chi connectivity index (χ3n) is 4.00. The van der Waals surface area contributed by atoms with Gasteiger partial charge in [0.05, 0.1) is 11.5 Å². The summed E-state index contributed by atoms with van der Waals surface area (Å²) >= 11 is 0. The predicted molar refractivity (Wildman–Crippen MR) is 86.6 cm³/mol. The van der Waals surface area contributed by atoms with Crippen molar-refractivity contribution in [1.29, 1.82) is 0 Å². The molecule has 0 unspecified atom stereocenters. The monoisotopic (exact) mass is 318 g/mol. The van der Waals surface area contributed by atoms with Crippen molar-refractivity contribution in [2.75, 3.05) is 18.1 Å². The first-order valence-corrected chi connectivity index (χ1v) is 9.02. The van der Waals surface area contributed by atoms with E-state index in [0.29, 0.717) is 18.7 Å². The number of hydrogen-bond donors (Lipinski definition) is 1. The molecular formula is C16H18N2O3S. The molecule has 2 aromatic rings. The highest BCUT2D eigenvalue weighted by atomic mass is 32.2. The number of rotatable bonds is 4. The Morgan fingerprint density at radius 1 is 1.41 bits per heavy atom. The molecule has 1 aromatic heterocycles. The predicted octanol–water partition coefficient (Wildman–Crippen LogP) is 1.98. The van der Waals surface area contributed by atoms with Gasteiger partial charge in [-0.2, -0.15) is 0 Å². The number of sulfone groups is 1. The molecule has 0 aliphatic carbocycles. The molecule has 0 radical (unpaired) electrons. The Bertz CT molecular complexity index is 790. The minimum absolute atomic E-state index is 0.0345. The Kier molecular flexibility index (Phi) is 3.78. The lowest BCUT2D eigenvalue weighted by Gasteiger charge is -2.26. The van der Waals surface area contributed by atoms with Crippen molar-refractivity contribution >= 4 is 26.6 Å². The van der Waals surface area contributed by atoms with Gasteiger partial charge in [0.2, 0.25) is 0 Å². The van der Waals surface area contributed by atoms with Crippen LogP contribution < -0.4 is 0 Å². The molecule has 2 heterocycles. The zero-order chi connectivity index (χ0) is 15.7. The van der Waals surface area contributed by atoms with Gasteiger partial charge in [-0.25, -0.2) is 8.42 Å². The SMILES string of the molecule is C=CCN(C(=O)c1cc2ccccc2[nH]1)[C@@H]1CCS(=O)(=O)C1. The van der Waals surface area contributed by atoms with Crippen molar-refractivity contribution in [1.82, 2.24) is 9.88 Å². The van der Waals surface area contributed by atoms with Crippen LogP contribution in [0.4, 0.5) is 0 Å². The van der Waals surface area contributed by atoms with E-state index < -0.39 is 9.84 Å². The summed E-state index contributed by atoms with van der Waals surface area (Å²) in [5.41, 5.74) is 1.37. The Labute approximate surface area is 129 Å². The number of amides is 1. The van der Waals surface area contributed by atoms with Crippen LogP contribution in [-0.2, 0) is 9.84 Å². The van der Waals surface area contributed by atoms with Crippen LogP contribution in [0.25, 0.3) is 10.9 Å². The van der Waals surface area contributed by atoms with E-state index in [-0.39, 0.29) is 23.5 Å². The molecule has 0 saturated carbocycles. The molecule has 5 nitrogen and oxygen atoms in total. The number of aromatic amines is 1. The number of nitrogens with zero attached hydrogens (tertiary/aromatic N) is 1. The smallest absolute Gasteiger partial charge is 0.270 e. The normalized spacial score (nSPS) is 20.1. The zero-order valence-electron chi connectivity index (χ0n) is 12.2. The number of H-pyrrole nitrogens is 1. The van der Waals surface area contributed by atoms with E-state index in [9.17, 15) is 13.2 Å². The maximum absolute atomic E-state index is 12.8. The number of carbonyl (C=O) groups excluding carboxylic acids is 1. The summed E-state index contributed by atoms with van der Waals surface area (Å²) in [7, 11) is -3.04. The van der Waals surface area contributed by atoms with Crippen molar-refractivity contribution in [2.24, 2.45) is 0 Å². The van der Waals surface area contributed by atoms with Crippen molar-refractivity contribution in [3.05, 3.63) is 48.7 Å². The number of fused-ring (bicyclic) bond motifs is 1. The fourth-order valence-electron chi connectivity index (χ4n) is 2.90. The molecule has 1 aliphatic rings. The second-order valence-electron chi connectivity index (χ2n) is 5.57. The van der Waals surface area contributed by atoms with Crippen LogP contribution >= 0.6 is 0 Å². The molecule has 1 atom stereocenters. The fraction of sp³-hybridized carbons (Fsp3) is 0.312. The molecule has 116 valence electrons. The first-order valence-electron chi connectivity index (χ1n) is 7.20. The number of aromatic nitrogens is 1. The van der Waals surface area contributed by atoms with Gasteiger partial charge in [0, 0.05) is 23.5 Å². The van der Waals surface area contributed by atoms with E-state index in [4.69, 9.17) is 0 Å². The zero-order valence-corrected chi connectivity index (χ0v) is 13.0. The standard InChI is InChI=1S/C16H18N2O3S/c1-2-8-18(13-7-9-22(20,21)11-13)16(19)15-10-12-5-3-4-6-14(12)17-15/h2-6,10,13,17H,1,7-9,11H2/t13-/m1/s1. The van der Waals surface area contributed by atoms with Crippen LogP contribution in [0.5, 0.6) is 0 Å². The molecule has 0 bridgehead atoms. The molecule has 6 heteroatoms. The van der Waals surface area contributed by atoms with E-state index in [0.717, 1.165) is 10.9 Å². The van der Waals surface area contributed by atoms with Crippen LogP contribution in [0.1, 0.15) is 16.9 Å². The summed E-state index contributed by atoms with van der Waals surface area (Å²) < 4.78 is 23.4. The van der Waals surface area contributed by atoms with Crippen LogP contribution in [-0.4, -0.2) is 48.3 Å². The second-order valence-corrected chi connectivity index (χ2v) is 7.80. The van der Waals surface area contributed by atoms with E-state index >= 15 is 0 Å². The van der Waals surface area contributed by atoms with Crippen LogP contribution in [0.2, 0.25) is 0 Å². The van der Waals surface area contributed by atoms with Gasteiger partial charge in [0.1, 0.15) is 5.69 Å². The Balaban J connectivity index is 1.90. The van der Waals surface area contributed by atoms with Gasteiger partial charge in [0.15, 0.2) is 9.84 Å². The van der Waals surface area contributed by atoms with Crippen LogP contribution in [0.3, 0.4) is 0 Å². The Morgan fingerprint density at radius 3 is 2.82 bits per heavy atom. The van der Waals surface area contributed by atoms with Crippen molar-refractivity contribution in [3.63, 3.8) is 0 Å². The van der Waals surface area contributed by atoms with E-state index in [2.05, 4.69) is 11.6 Å². The first-order chi connectivity index (χ1) is 10.5. The molecule has 3 rings (SSSR count). The van der Waals surface area contributed by atoms with E-state index in [1.54, 1.807) is 17.0 Å². The Morgan fingerprint density at radius 2 is 2.18 bits per heavy atom. The summed E-state index contributed by atoms with van der Waals surface area (Å²) in [6, 6.07) is 9.18. The lowest BCUT2D eigenvalue weighted by Crippen LogP contribution is -2.41. The Hall–Kier alpha value is -2.08. The van der Waals surface area contributed by atoms with Gasteiger partial charge in [-0.3, -0.25) is 4.79 Å². The van der Waals surface area contributed by atoms with E-state index in [1.807, 2.05) is 24.3 Å². The average molecular weight is 318 g/mol. The number of hydrogen-bond acceptors (Lipinski definition) is 3. The van der Waals surface area contributed by atoms with Crippen LogP contribution in [0, 0.1) is 0 Å². The number of carbonyl (C=O) groups is 1. The maximum atomic E-state index is 12.8. The topological polar surface area (TPSA) is 70.2 Å². The van der Waals surface area contributed by atoms with Gasteiger partial charge in [0.25, 0.3) is 5.91 Å². The first kappa shape index (κ1) is 14.8. The third-order valence-corrected chi connectivity index (χ3v) is 5.75. The fourth-order valence-corrected chi connectivity index (χ4v) is 4.63. The van der Waals surface area contributed by atoms with Crippen LogP contribution in [0.15, 0.2) is 43.0 Å². The summed E-state index contributed by atoms with van der Waals surface area (Å²) in [5.74, 6) is -0.00355. The largest absolute Gasteiger partial charge is 0.351 e.